The van der Waals surface area contributed by atoms with Crippen LogP contribution >= 0.6 is 0 Å². The average Bonchev–Trinajstić information content (AvgIpc) is 2.75. The Bertz CT molecular complexity index is 912. The van der Waals surface area contributed by atoms with E-state index in [4.69, 9.17) is 0 Å². The van der Waals surface area contributed by atoms with Crippen molar-refractivity contribution >= 4 is 22.8 Å². The minimum Gasteiger partial charge on any atom is -0.349 e. The Kier molecular flexibility index (Phi) is 5.79. The third-order valence-corrected chi connectivity index (χ3v) is 6.43. The van der Waals surface area contributed by atoms with Gasteiger partial charge in [0.2, 0.25) is 5.91 Å². The summed E-state index contributed by atoms with van der Waals surface area (Å²) in [6.45, 7) is 5.34. The summed E-state index contributed by atoms with van der Waals surface area (Å²) >= 11 is 0. The maximum atomic E-state index is 12.7. The van der Waals surface area contributed by atoms with Gasteiger partial charge >= 0.3 is 0 Å². The van der Waals surface area contributed by atoms with E-state index in [1.54, 1.807) is 0 Å². The molecule has 154 valence electrons. The smallest absolute Gasteiger partial charge is 0.251 e. The summed E-state index contributed by atoms with van der Waals surface area (Å²) < 4.78 is 0. The second-order valence-electron chi connectivity index (χ2n) is 8.51. The molecule has 0 radical (unpaired) electrons. The molecule has 2 heterocycles. The fourth-order valence-corrected chi connectivity index (χ4v) is 4.49. The van der Waals surface area contributed by atoms with Gasteiger partial charge in [-0.25, -0.2) is 9.97 Å². The molecule has 1 aliphatic carbocycles. The molecule has 2 aliphatic rings. The van der Waals surface area contributed by atoms with E-state index in [9.17, 15) is 9.59 Å². The minimum atomic E-state index is -0.0796. The predicted octanol–water partition coefficient (Wildman–Crippen LogP) is 3.55. The van der Waals surface area contributed by atoms with Gasteiger partial charge in [0.1, 0.15) is 0 Å². The van der Waals surface area contributed by atoms with E-state index in [1.165, 1.54) is 19.3 Å². The molecule has 1 saturated carbocycles. The number of benzene rings is 1. The number of likely N-dealkylation sites (tertiary alicyclic amines) is 1. The molecular weight excluding hydrogens is 364 g/mol. The highest BCUT2D eigenvalue weighted by molar-refractivity contribution is 5.97. The Morgan fingerprint density at radius 2 is 1.59 bits per heavy atom. The summed E-state index contributed by atoms with van der Waals surface area (Å²) in [7, 11) is 0. The maximum Gasteiger partial charge on any atom is 0.251 e. The highest BCUT2D eigenvalue weighted by Gasteiger charge is 2.29. The van der Waals surface area contributed by atoms with Crippen molar-refractivity contribution in [2.45, 2.75) is 64.8 Å². The molecule has 6 nitrogen and oxygen atoms in total. The van der Waals surface area contributed by atoms with Crippen molar-refractivity contribution in [1.82, 2.24) is 20.2 Å². The largest absolute Gasteiger partial charge is 0.349 e. The van der Waals surface area contributed by atoms with E-state index >= 15 is 0 Å². The molecule has 0 bridgehead atoms. The van der Waals surface area contributed by atoms with E-state index in [0.717, 1.165) is 61.2 Å². The van der Waals surface area contributed by atoms with Gasteiger partial charge in [-0.05, 0) is 57.7 Å². The average molecular weight is 395 g/mol. The van der Waals surface area contributed by atoms with Gasteiger partial charge in [-0.3, -0.25) is 9.59 Å². The summed E-state index contributed by atoms with van der Waals surface area (Å²) in [5.74, 6) is 0.470. The van der Waals surface area contributed by atoms with Gasteiger partial charge in [-0.15, -0.1) is 0 Å². The van der Waals surface area contributed by atoms with Gasteiger partial charge in [0.05, 0.1) is 22.4 Å². The molecular formula is C23H30N4O2. The molecule has 4 rings (SSSR count). The summed E-state index contributed by atoms with van der Waals surface area (Å²) in [6, 6.07) is 5.59. The number of carbonyl (C=O) groups excluding carboxylic acids is 2. The fourth-order valence-electron chi connectivity index (χ4n) is 4.49. The summed E-state index contributed by atoms with van der Waals surface area (Å²) in [4.78, 5) is 36.5. The van der Waals surface area contributed by atoms with Crippen LogP contribution in [0.25, 0.3) is 11.0 Å². The molecule has 1 N–H and O–H groups in total. The van der Waals surface area contributed by atoms with Crippen molar-refractivity contribution in [1.29, 1.82) is 0 Å². The van der Waals surface area contributed by atoms with Crippen LogP contribution in [-0.2, 0) is 4.79 Å². The number of aromatic nitrogens is 2. The molecule has 2 amide bonds. The zero-order valence-electron chi connectivity index (χ0n) is 17.4. The number of nitrogens with one attached hydrogen (secondary N) is 1. The molecule has 0 spiro atoms. The van der Waals surface area contributed by atoms with E-state index in [1.807, 2.05) is 36.9 Å². The highest BCUT2D eigenvalue weighted by atomic mass is 16.2. The number of fused-ring (bicyclic) bond motifs is 1. The molecule has 1 saturated heterocycles. The van der Waals surface area contributed by atoms with Crippen molar-refractivity contribution < 1.29 is 9.59 Å². The lowest BCUT2D eigenvalue weighted by molar-refractivity contribution is -0.137. The van der Waals surface area contributed by atoms with Gasteiger partial charge < -0.3 is 10.2 Å². The van der Waals surface area contributed by atoms with Crippen LogP contribution < -0.4 is 5.32 Å². The van der Waals surface area contributed by atoms with Crippen molar-refractivity contribution in [2.75, 3.05) is 13.1 Å². The second-order valence-corrected chi connectivity index (χ2v) is 8.51. The van der Waals surface area contributed by atoms with Gasteiger partial charge in [0.25, 0.3) is 5.91 Å². The first-order chi connectivity index (χ1) is 14.0. The molecule has 1 aromatic heterocycles. The van der Waals surface area contributed by atoms with Crippen molar-refractivity contribution in [3.05, 3.63) is 35.2 Å². The third-order valence-electron chi connectivity index (χ3n) is 6.43. The Hall–Kier alpha value is -2.50. The third kappa shape index (κ3) is 4.41. The molecule has 0 unspecified atom stereocenters. The fraction of sp³-hybridized carbons (Fsp3) is 0.565. The first-order valence-electron chi connectivity index (χ1n) is 10.9. The lowest BCUT2D eigenvalue weighted by Crippen LogP contribution is -2.48. The molecule has 2 aromatic rings. The van der Waals surface area contributed by atoms with Crippen molar-refractivity contribution in [2.24, 2.45) is 5.92 Å². The minimum absolute atomic E-state index is 0.0796. The van der Waals surface area contributed by atoms with Crippen LogP contribution in [0.3, 0.4) is 0 Å². The van der Waals surface area contributed by atoms with Gasteiger partial charge in [0, 0.05) is 30.6 Å². The Balaban J connectivity index is 1.34. The molecule has 6 heteroatoms. The highest BCUT2D eigenvalue weighted by Crippen LogP contribution is 2.26. The van der Waals surface area contributed by atoms with Crippen LogP contribution in [0, 0.1) is 19.8 Å². The number of carbonyl (C=O) groups is 2. The first-order valence-corrected chi connectivity index (χ1v) is 10.9. The number of hydrogen-bond acceptors (Lipinski definition) is 4. The van der Waals surface area contributed by atoms with E-state index in [-0.39, 0.29) is 17.9 Å². The molecule has 1 aliphatic heterocycles. The molecule has 0 atom stereocenters. The van der Waals surface area contributed by atoms with Gasteiger partial charge in [-0.2, -0.15) is 0 Å². The standard InChI is InChI=1S/C23H30N4O2/c1-15-16(2)25-21-14-18(8-9-20(21)24-15)22(28)26-19-10-12-27(13-11-19)23(29)17-6-4-3-5-7-17/h8-9,14,17,19H,3-7,10-13H2,1-2H3,(H,26,28). The Morgan fingerprint density at radius 1 is 0.931 bits per heavy atom. The van der Waals surface area contributed by atoms with Crippen LogP contribution in [0.15, 0.2) is 18.2 Å². The number of nitrogens with zero attached hydrogens (tertiary/aromatic N) is 3. The Morgan fingerprint density at radius 3 is 2.28 bits per heavy atom. The van der Waals surface area contributed by atoms with Gasteiger partial charge in [0.15, 0.2) is 0 Å². The number of hydrogen-bond donors (Lipinski definition) is 1. The van der Waals surface area contributed by atoms with Crippen LogP contribution in [0.2, 0.25) is 0 Å². The molecule has 2 fully saturated rings. The number of amides is 2. The van der Waals surface area contributed by atoms with Crippen LogP contribution in [0.1, 0.15) is 66.7 Å². The Labute approximate surface area is 172 Å². The quantitative estimate of drug-likeness (QED) is 0.864. The second kappa shape index (κ2) is 8.47. The van der Waals surface area contributed by atoms with Crippen molar-refractivity contribution in [3.63, 3.8) is 0 Å². The summed E-state index contributed by atoms with van der Waals surface area (Å²) in [5, 5.41) is 3.14. The number of piperidine rings is 1. The topological polar surface area (TPSA) is 75.2 Å². The number of aryl methyl sites for hydroxylation is 2. The van der Waals surface area contributed by atoms with Crippen LogP contribution in [0.5, 0.6) is 0 Å². The maximum absolute atomic E-state index is 12.7. The van der Waals surface area contributed by atoms with E-state index in [2.05, 4.69) is 15.3 Å². The lowest BCUT2D eigenvalue weighted by Gasteiger charge is -2.35. The summed E-state index contributed by atoms with van der Waals surface area (Å²) in [6.07, 6.45) is 7.33. The first kappa shape index (κ1) is 19.8. The van der Waals surface area contributed by atoms with Crippen LogP contribution in [0.4, 0.5) is 0 Å². The molecule has 1 aromatic carbocycles. The predicted molar refractivity (Wildman–Crippen MR) is 113 cm³/mol. The van der Waals surface area contributed by atoms with Gasteiger partial charge in [-0.1, -0.05) is 19.3 Å². The SMILES string of the molecule is Cc1nc2ccc(C(=O)NC3CCN(C(=O)C4CCCCC4)CC3)cc2nc1C. The zero-order chi connectivity index (χ0) is 20.4. The normalized spacial score (nSPS) is 18.8. The van der Waals surface area contributed by atoms with Crippen LogP contribution in [-0.4, -0.2) is 45.8 Å². The monoisotopic (exact) mass is 394 g/mol. The summed E-state index contributed by atoms with van der Waals surface area (Å²) in [5.41, 5.74) is 3.94. The van der Waals surface area contributed by atoms with Crippen molar-refractivity contribution in [3.8, 4) is 0 Å². The van der Waals surface area contributed by atoms with E-state index < -0.39 is 0 Å². The van der Waals surface area contributed by atoms with E-state index in [0.29, 0.717) is 11.5 Å². The number of rotatable bonds is 3. The molecule has 29 heavy (non-hydrogen) atoms. The lowest BCUT2D eigenvalue weighted by atomic mass is 9.87. The zero-order valence-corrected chi connectivity index (χ0v) is 17.4.